The van der Waals surface area contributed by atoms with Crippen LogP contribution in [-0.4, -0.2) is 31.9 Å². The molecule has 4 heteroatoms. The molecule has 0 amide bonds. The Labute approximate surface area is 90.3 Å². The van der Waals surface area contributed by atoms with Gasteiger partial charge in [0.05, 0.1) is 25.1 Å². The Morgan fingerprint density at radius 3 is 2.73 bits per heavy atom. The number of para-hydroxylation sites is 1. The summed E-state index contributed by atoms with van der Waals surface area (Å²) in [7, 11) is 1.60. The number of aliphatic hydroxyl groups excluding tert-OH is 1. The van der Waals surface area contributed by atoms with Gasteiger partial charge >= 0.3 is 0 Å². The lowest BCUT2D eigenvalue weighted by Crippen LogP contribution is -2.27. The van der Waals surface area contributed by atoms with Crippen molar-refractivity contribution in [2.75, 3.05) is 37.4 Å². The number of hydrogen-bond donors (Lipinski definition) is 2. The third kappa shape index (κ3) is 2.53. The molecule has 0 unspecified atom stereocenters. The minimum absolute atomic E-state index is 0.116. The summed E-state index contributed by atoms with van der Waals surface area (Å²) in [5, 5.41) is 8.93. The topological polar surface area (TPSA) is 58.7 Å². The van der Waals surface area contributed by atoms with Gasteiger partial charge in [-0.05, 0) is 19.1 Å². The van der Waals surface area contributed by atoms with Crippen molar-refractivity contribution < 1.29 is 9.84 Å². The molecule has 3 N–H and O–H groups in total. The van der Waals surface area contributed by atoms with E-state index in [9.17, 15) is 0 Å². The number of benzene rings is 1. The van der Waals surface area contributed by atoms with Gasteiger partial charge in [0.15, 0.2) is 0 Å². The first-order valence-electron chi connectivity index (χ1n) is 5.02. The first-order chi connectivity index (χ1) is 7.24. The van der Waals surface area contributed by atoms with Crippen LogP contribution in [0.25, 0.3) is 0 Å². The van der Waals surface area contributed by atoms with E-state index in [0.29, 0.717) is 18.0 Å². The SMILES string of the molecule is CCN(CCO)c1cccc(OC)c1N. The lowest BCUT2D eigenvalue weighted by molar-refractivity contribution is 0.302. The van der Waals surface area contributed by atoms with E-state index in [2.05, 4.69) is 0 Å². The average molecular weight is 210 g/mol. The minimum Gasteiger partial charge on any atom is -0.495 e. The molecule has 1 aromatic rings. The van der Waals surface area contributed by atoms with E-state index < -0.39 is 0 Å². The van der Waals surface area contributed by atoms with Crippen LogP contribution in [0, 0.1) is 0 Å². The van der Waals surface area contributed by atoms with Gasteiger partial charge in [-0.1, -0.05) is 6.07 Å². The summed E-state index contributed by atoms with van der Waals surface area (Å²) < 4.78 is 5.14. The van der Waals surface area contributed by atoms with Crippen molar-refractivity contribution in [3.63, 3.8) is 0 Å². The molecule has 0 heterocycles. The second-order valence-corrected chi connectivity index (χ2v) is 3.20. The molecular weight excluding hydrogens is 192 g/mol. The smallest absolute Gasteiger partial charge is 0.143 e. The molecule has 0 fully saturated rings. The summed E-state index contributed by atoms with van der Waals surface area (Å²) in [5.74, 6) is 0.670. The monoisotopic (exact) mass is 210 g/mol. The average Bonchev–Trinajstić information content (AvgIpc) is 2.27. The fourth-order valence-electron chi connectivity index (χ4n) is 1.56. The molecule has 0 aliphatic rings. The lowest BCUT2D eigenvalue weighted by Gasteiger charge is -2.24. The van der Waals surface area contributed by atoms with Crippen molar-refractivity contribution in [2.45, 2.75) is 6.92 Å². The van der Waals surface area contributed by atoms with E-state index in [0.717, 1.165) is 12.2 Å². The fourth-order valence-corrected chi connectivity index (χ4v) is 1.56. The number of likely N-dealkylation sites (N-methyl/N-ethyl adjacent to an activating group) is 1. The van der Waals surface area contributed by atoms with Crippen molar-refractivity contribution in [1.82, 2.24) is 0 Å². The quantitative estimate of drug-likeness (QED) is 0.714. The molecule has 0 aliphatic heterocycles. The van der Waals surface area contributed by atoms with Crippen LogP contribution in [0.5, 0.6) is 5.75 Å². The standard InChI is InChI=1S/C11H18N2O2/c1-3-13(7-8-14)9-5-4-6-10(15-2)11(9)12/h4-6,14H,3,7-8,12H2,1-2H3. The van der Waals surface area contributed by atoms with E-state index in [1.165, 1.54) is 0 Å². The Balaban J connectivity index is 3.01. The maximum absolute atomic E-state index is 8.93. The molecule has 0 saturated carbocycles. The molecule has 0 bridgehead atoms. The molecule has 0 saturated heterocycles. The summed E-state index contributed by atoms with van der Waals surface area (Å²) in [6.45, 7) is 3.52. The number of nitrogens with zero attached hydrogens (tertiary/aromatic N) is 1. The van der Waals surface area contributed by atoms with Crippen LogP contribution >= 0.6 is 0 Å². The Kier molecular flexibility index (Phi) is 4.24. The minimum atomic E-state index is 0.116. The second-order valence-electron chi connectivity index (χ2n) is 3.20. The third-order valence-electron chi connectivity index (χ3n) is 2.36. The predicted octanol–water partition coefficient (Wildman–Crippen LogP) is 1.10. The van der Waals surface area contributed by atoms with Gasteiger partial charge in [-0.25, -0.2) is 0 Å². The highest BCUT2D eigenvalue weighted by Gasteiger charge is 2.10. The van der Waals surface area contributed by atoms with Crippen molar-refractivity contribution in [1.29, 1.82) is 0 Å². The lowest BCUT2D eigenvalue weighted by atomic mass is 10.2. The first kappa shape index (κ1) is 11.7. The van der Waals surface area contributed by atoms with E-state index in [1.807, 2.05) is 30.0 Å². The van der Waals surface area contributed by atoms with Gasteiger partial charge in [0.25, 0.3) is 0 Å². The van der Waals surface area contributed by atoms with Gasteiger partial charge in [0.1, 0.15) is 5.75 Å². The molecule has 0 spiro atoms. The van der Waals surface area contributed by atoms with Crippen LogP contribution in [-0.2, 0) is 0 Å². The Hall–Kier alpha value is -1.42. The summed E-state index contributed by atoms with van der Waals surface area (Å²) >= 11 is 0. The molecule has 1 rings (SSSR count). The van der Waals surface area contributed by atoms with Crippen molar-refractivity contribution >= 4 is 11.4 Å². The first-order valence-corrected chi connectivity index (χ1v) is 5.02. The van der Waals surface area contributed by atoms with Gasteiger partial charge in [0, 0.05) is 13.1 Å². The van der Waals surface area contributed by atoms with E-state index >= 15 is 0 Å². The fraction of sp³-hybridized carbons (Fsp3) is 0.455. The number of ether oxygens (including phenoxy) is 1. The van der Waals surface area contributed by atoms with Gasteiger partial charge in [-0.15, -0.1) is 0 Å². The summed E-state index contributed by atoms with van der Waals surface area (Å²) in [4.78, 5) is 2.01. The summed E-state index contributed by atoms with van der Waals surface area (Å²) in [6, 6.07) is 5.65. The zero-order chi connectivity index (χ0) is 11.3. The van der Waals surface area contributed by atoms with Crippen molar-refractivity contribution in [2.24, 2.45) is 0 Å². The Morgan fingerprint density at radius 1 is 1.47 bits per heavy atom. The molecule has 1 aromatic carbocycles. The molecule has 0 aromatic heterocycles. The molecule has 0 atom stereocenters. The van der Waals surface area contributed by atoms with Gasteiger partial charge < -0.3 is 20.5 Å². The molecule has 0 aliphatic carbocycles. The number of aliphatic hydroxyl groups is 1. The molecule has 15 heavy (non-hydrogen) atoms. The zero-order valence-corrected chi connectivity index (χ0v) is 9.23. The summed E-state index contributed by atoms with van der Waals surface area (Å²) in [5.41, 5.74) is 7.48. The number of anilines is 2. The highest BCUT2D eigenvalue weighted by Crippen LogP contribution is 2.31. The van der Waals surface area contributed by atoms with E-state index in [4.69, 9.17) is 15.6 Å². The Bertz CT molecular complexity index is 315. The third-order valence-corrected chi connectivity index (χ3v) is 2.36. The van der Waals surface area contributed by atoms with Crippen molar-refractivity contribution in [3.05, 3.63) is 18.2 Å². The molecule has 84 valence electrons. The van der Waals surface area contributed by atoms with Gasteiger partial charge in [-0.2, -0.15) is 0 Å². The van der Waals surface area contributed by atoms with Gasteiger partial charge in [0.2, 0.25) is 0 Å². The predicted molar refractivity (Wildman–Crippen MR) is 62.4 cm³/mol. The maximum atomic E-state index is 8.93. The largest absolute Gasteiger partial charge is 0.495 e. The van der Waals surface area contributed by atoms with Crippen molar-refractivity contribution in [3.8, 4) is 5.75 Å². The second kappa shape index (κ2) is 5.46. The summed E-state index contributed by atoms with van der Waals surface area (Å²) in [6.07, 6.45) is 0. The number of methoxy groups -OCH3 is 1. The number of nitrogens with two attached hydrogens (primary N) is 1. The van der Waals surface area contributed by atoms with Crippen LogP contribution in [0.1, 0.15) is 6.92 Å². The Morgan fingerprint density at radius 2 is 2.20 bits per heavy atom. The number of rotatable bonds is 5. The zero-order valence-electron chi connectivity index (χ0n) is 9.23. The van der Waals surface area contributed by atoms with Gasteiger partial charge in [-0.3, -0.25) is 0 Å². The molecular formula is C11H18N2O2. The molecule has 4 nitrogen and oxygen atoms in total. The van der Waals surface area contributed by atoms with Crippen LogP contribution in [0.3, 0.4) is 0 Å². The highest BCUT2D eigenvalue weighted by atomic mass is 16.5. The molecule has 0 radical (unpaired) electrons. The van der Waals surface area contributed by atoms with Crippen LogP contribution in [0.2, 0.25) is 0 Å². The number of hydrogen-bond acceptors (Lipinski definition) is 4. The van der Waals surface area contributed by atoms with E-state index in [-0.39, 0.29) is 6.61 Å². The maximum Gasteiger partial charge on any atom is 0.143 e. The normalized spacial score (nSPS) is 10.1. The van der Waals surface area contributed by atoms with E-state index in [1.54, 1.807) is 7.11 Å². The highest BCUT2D eigenvalue weighted by molar-refractivity contribution is 5.74. The van der Waals surface area contributed by atoms with Crippen LogP contribution < -0.4 is 15.4 Å². The van der Waals surface area contributed by atoms with Crippen LogP contribution in [0.4, 0.5) is 11.4 Å². The number of nitrogen functional groups attached to an aromatic ring is 1. The van der Waals surface area contributed by atoms with Crippen LogP contribution in [0.15, 0.2) is 18.2 Å².